The second-order valence-corrected chi connectivity index (χ2v) is 14.5. The Morgan fingerprint density at radius 2 is 0.879 bits per heavy atom. The molecular weight excluding hydrogens is 910 g/mol. The molecule has 348 valence electrons. The van der Waals surface area contributed by atoms with E-state index in [2.05, 4.69) is 9.47 Å². The normalized spacial score (nSPS) is 11.7. The van der Waals surface area contributed by atoms with E-state index in [4.69, 9.17) is 9.47 Å². The van der Waals surface area contributed by atoms with E-state index < -0.39 is 98.6 Å². The van der Waals surface area contributed by atoms with Gasteiger partial charge in [-0.25, -0.2) is 43.9 Å². The zero-order chi connectivity index (χ0) is 47.9. The van der Waals surface area contributed by atoms with E-state index in [9.17, 15) is 66.3 Å². The van der Waals surface area contributed by atoms with Crippen molar-refractivity contribution < 1.29 is 85.2 Å². The summed E-state index contributed by atoms with van der Waals surface area (Å²) >= 11 is 0. The Bertz CT molecular complexity index is 2680. The maximum absolute atomic E-state index is 15.0. The first-order valence-electron chi connectivity index (χ1n) is 19.6. The molecular formula is C47H32F14O5. The lowest BCUT2D eigenvalue weighted by Crippen LogP contribution is -2.25. The van der Waals surface area contributed by atoms with Gasteiger partial charge in [-0.1, -0.05) is 6.07 Å². The van der Waals surface area contributed by atoms with Crippen molar-refractivity contribution in [2.24, 2.45) is 0 Å². The van der Waals surface area contributed by atoms with Crippen LogP contribution in [0.2, 0.25) is 0 Å². The fourth-order valence-corrected chi connectivity index (χ4v) is 6.45. The molecule has 0 spiro atoms. The highest BCUT2D eigenvalue weighted by Gasteiger charge is 2.42. The fourth-order valence-electron chi connectivity index (χ4n) is 6.45. The van der Waals surface area contributed by atoms with Crippen LogP contribution in [0.25, 0.3) is 22.3 Å². The van der Waals surface area contributed by atoms with Crippen LogP contribution in [0.1, 0.15) is 49.7 Å². The lowest BCUT2D eigenvalue weighted by atomic mass is 10.0. The van der Waals surface area contributed by atoms with Crippen LogP contribution in [-0.4, -0.2) is 19.0 Å². The second-order valence-electron chi connectivity index (χ2n) is 14.5. The highest BCUT2D eigenvalue weighted by atomic mass is 19.3. The highest BCUT2D eigenvalue weighted by molar-refractivity contribution is 5.78. The minimum absolute atomic E-state index is 0.0313. The van der Waals surface area contributed by atoms with Gasteiger partial charge in [0.25, 0.3) is 0 Å². The summed E-state index contributed by atoms with van der Waals surface area (Å²) in [4.78, 5) is 12.4. The zero-order valence-electron chi connectivity index (χ0n) is 33.7. The van der Waals surface area contributed by atoms with Crippen molar-refractivity contribution in [3.8, 4) is 45.3 Å². The van der Waals surface area contributed by atoms with Gasteiger partial charge in [-0.3, -0.25) is 4.79 Å². The van der Waals surface area contributed by atoms with E-state index >= 15 is 0 Å². The molecule has 0 aromatic heterocycles. The molecule has 6 aromatic carbocycles. The molecule has 0 amide bonds. The number of hydrogen-bond acceptors (Lipinski definition) is 5. The van der Waals surface area contributed by atoms with Crippen molar-refractivity contribution in [3.05, 3.63) is 166 Å². The summed E-state index contributed by atoms with van der Waals surface area (Å²) in [7, 11) is 0. The molecule has 0 N–H and O–H groups in total. The summed E-state index contributed by atoms with van der Waals surface area (Å²) < 4.78 is 219. The van der Waals surface area contributed by atoms with E-state index in [1.54, 1.807) is 0 Å². The van der Waals surface area contributed by atoms with Crippen molar-refractivity contribution in [1.29, 1.82) is 0 Å². The summed E-state index contributed by atoms with van der Waals surface area (Å²) in [5, 5.41) is 0. The van der Waals surface area contributed by atoms with Crippen LogP contribution in [0.3, 0.4) is 0 Å². The largest absolute Gasteiger partial charge is 0.493 e. The van der Waals surface area contributed by atoms with Crippen LogP contribution in [0.5, 0.6) is 23.0 Å². The third-order valence-electron chi connectivity index (χ3n) is 9.70. The Balaban J connectivity index is 0.896. The van der Waals surface area contributed by atoms with Crippen molar-refractivity contribution in [1.82, 2.24) is 0 Å². The molecule has 0 aliphatic heterocycles. The average Bonchev–Trinajstić information content (AvgIpc) is 3.23. The van der Waals surface area contributed by atoms with E-state index in [1.165, 1.54) is 18.2 Å². The van der Waals surface area contributed by atoms with E-state index in [0.29, 0.717) is 62.1 Å². The molecule has 0 heterocycles. The molecule has 0 radical (unpaired) electrons. The molecule has 0 atom stereocenters. The van der Waals surface area contributed by atoms with Crippen LogP contribution in [0.15, 0.2) is 97.1 Å². The molecule has 0 aliphatic carbocycles. The molecule has 0 aliphatic rings. The topological polar surface area (TPSA) is 54.0 Å². The number of benzene rings is 6. The van der Waals surface area contributed by atoms with Crippen molar-refractivity contribution in [2.75, 3.05) is 13.2 Å². The lowest BCUT2D eigenvalue weighted by Gasteiger charge is -2.20. The molecule has 0 unspecified atom stereocenters. The third-order valence-corrected chi connectivity index (χ3v) is 9.70. The Hall–Kier alpha value is -6.79. The van der Waals surface area contributed by atoms with E-state index in [1.807, 2.05) is 0 Å². The van der Waals surface area contributed by atoms with Crippen molar-refractivity contribution >= 4 is 5.78 Å². The molecule has 6 aromatic rings. The van der Waals surface area contributed by atoms with Crippen LogP contribution in [0, 0.1) is 58.2 Å². The van der Waals surface area contributed by atoms with Gasteiger partial charge in [-0.2, -0.15) is 17.6 Å². The number of unbranched alkanes of at least 4 members (excludes halogenated alkanes) is 2. The van der Waals surface area contributed by atoms with Gasteiger partial charge in [0, 0.05) is 54.3 Å². The van der Waals surface area contributed by atoms with E-state index in [-0.39, 0.29) is 78.2 Å². The average molecular weight is 943 g/mol. The molecule has 19 heteroatoms. The van der Waals surface area contributed by atoms with Crippen LogP contribution < -0.4 is 18.9 Å². The number of Topliss-reactive ketones (excluding diaryl/α,β-unsaturated/α-hetero) is 1. The molecule has 0 bridgehead atoms. The molecule has 0 saturated heterocycles. The van der Waals surface area contributed by atoms with Crippen LogP contribution in [0.4, 0.5) is 61.5 Å². The van der Waals surface area contributed by atoms with Gasteiger partial charge in [0.05, 0.1) is 18.8 Å². The second kappa shape index (κ2) is 20.6. The third kappa shape index (κ3) is 11.9. The minimum Gasteiger partial charge on any atom is -0.493 e. The monoisotopic (exact) mass is 942 g/mol. The zero-order valence-corrected chi connectivity index (χ0v) is 33.7. The standard InChI is InChI=1S/C47H32F14O5/c48-35-14-10-30(22-39(35)52)65-47(60,61)44-40(53)18-26(19-41(44)54)33-12-9-29(21-37(33)50)64-16-4-2-6-27(62)5-1-3-15-63-28-8-11-32(36(49)20-28)25-7-13-34(38(51)17-25)46(58,59)66-31-23-42(55)45(57)43(56)24-31/h7-14,17-24H,1-6,15-16H2. The summed E-state index contributed by atoms with van der Waals surface area (Å²) in [5.74, 6) is -17.4. The highest BCUT2D eigenvalue weighted by Crippen LogP contribution is 2.39. The molecule has 66 heavy (non-hydrogen) atoms. The lowest BCUT2D eigenvalue weighted by molar-refractivity contribution is -0.189. The summed E-state index contributed by atoms with van der Waals surface area (Å²) in [6.45, 7) is 0.161. The number of carbonyl (C=O) groups excluding carboxylic acids is 1. The van der Waals surface area contributed by atoms with Gasteiger partial charge >= 0.3 is 12.2 Å². The quantitative estimate of drug-likeness (QED) is 0.0434. The Morgan fingerprint density at radius 3 is 1.39 bits per heavy atom. The molecule has 5 nitrogen and oxygen atoms in total. The van der Waals surface area contributed by atoms with Gasteiger partial charge in [0.15, 0.2) is 29.1 Å². The predicted molar refractivity (Wildman–Crippen MR) is 209 cm³/mol. The van der Waals surface area contributed by atoms with Gasteiger partial charge in [-0.15, -0.1) is 0 Å². The van der Waals surface area contributed by atoms with Crippen LogP contribution >= 0.6 is 0 Å². The Kier molecular flexibility index (Phi) is 15.2. The number of carbonyl (C=O) groups is 1. The molecule has 0 fully saturated rings. The van der Waals surface area contributed by atoms with Gasteiger partial charge in [0.2, 0.25) is 0 Å². The number of ether oxygens (including phenoxy) is 4. The van der Waals surface area contributed by atoms with Gasteiger partial charge in [0.1, 0.15) is 63.4 Å². The summed E-state index contributed by atoms with van der Waals surface area (Å²) in [6, 6.07) is 11.6. The SMILES string of the molecule is O=C(CCCCOc1ccc(-c2ccc(C(F)(F)Oc3cc(F)c(F)c(F)c3)c(F)c2)c(F)c1)CCCCOc1ccc(-c2cc(F)c(C(F)(F)Oc3ccc(F)c(F)c3)c(F)c2)c(F)c1. The van der Waals surface area contributed by atoms with Crippen molar-refractivity contribution in [2.45, 2.75) is 50.7 Å². The smallest absolute Gasteiger partial charge is 0.432 e. The fraction of sp³-hybridized carbons (Fsp3) is 0.213. The predicted octanol–water partition coefficient (Wildman–Crippen LogP) is 14.0. The maximum Gasteiger partial charge on any atom is 0.432 e. The number of alkyl halides is 4. The first-order valence-corrected chi connectivity index (χ1v) is 19.6. The summed E-state index contributed by atoms with van der Waals surface area (Å²) in [5.41, 5.74) is -4.30. The first-order chi connectivity index (χ1) is 31.2. The molecule has 0 saturated carbocycles. The van der Waals surface area contributed by atoms with Gasteiger partial charge < -0.3 is 18.9 Å². The minimum atomic E-state index is -4.66. The Morgan fingerprint density at radius 1 is 0.409 bits per heavy atom. The van der Waals surface area contributed by atoms with Crippen molar-refractivity contribution in [3.63, 3.8) is 0 Å². The number of rotatable bonds is 20. The number of halogens is 14. The summed E-state index contributed by atoms with van der Waals surface area (Å²) in [6.07, 6.45) is -7.08. The van der Waals surface area contributed by atoms with Crippen LogP contribution in [-0.2, 0) is 17.0 Å². The first kappa shape index (κ1) is 48.7. The maximum atomic E-state index is 15.0. The number of hydrogen-bond donors (Lipinski definition) is 0. The van der Waals surface area contributed by atoms with E-state index in [0.717, 1.165) is 24.3 Å². The molecule has 6 rings (SSSR count). The number of ketones is 1. The van der Waals surface area contributed by atoms with Gasteiger partial charge in [-0.05, 0) is 97.5 Å². The Labute approximate surface area is 366 Å².